The average molecular weight is 490 g/mol. The SMILES string of the molecule is COc1c(-c2ccc3nc(C4=CCN(C(=O)OC(C)(C)C)CC4)ccc3n2)cc2cn(C)nc2c1F. The van der Waals surface area contributed by atoms with E-state index in [2.05, 4.69) is 5.10 Å². The van der Waals surface area contributed by atoms with Crippen molar-refractivity contribution in [2.24, 2.45) is 7.05 Å². The van der Waals surface area contributed by atoms with Crippen LogP contribution < -0.4 is 4.74 Å². The van der Waals surface area contributed by atoms with Crippen LogP contribution in [0.3, 0.4) is 0 Å². The summed E-state index contributed by atoms with van der Waals surface area (Å²) in [5.74, 6) is -0.398. The van der Waals surface area contributed by atoms with Crippen molar-refractivity contribution in [1.29, 1.82) is 0 Å². The number of benzene rings is 1. The fourth-order valence-corrected chi connectivity index (χ4v) is 4.35. The molecule has 0 N–H and O–H groups in total. The number of fused-ring (bicyclic) bond motifs is 2. The van der Waals surface area contributed by atoms with Crippen molar-refractivity contribution in [2.75, 3.05) is 20.2 Å². The summed E-state index contributed by atoms with van der Waals surface area (Å²) in [6.45, 7) is 6.62. The quantitative estimate of drug-likeness (QED) is 0.386. The van der Waals surface area contributed by atoms with Crippen LogP contribution >= 0.6 is 0 Å². The number of amides is 1. The van der Waals surface area contributed by atoms with E-state index in [0.717, 1.165) is 16.8 Å². The van der Waals surface area contributed by atoms with Crippen LogP contribution in [0.25, 0.3) is 38.8 Å². The van der Waals surface area contributed by atoms with E-state index >= 15 is 4.39 Å². The number of pyridine rings is 2. The standard InChI is InChI=1S/C27H28FN5O3/c1-27(2,3)36-26(34)33-12-10-16(11-13-33)19-6-8-22-21(29-19)9-7-20(30-22)18-14-17-15-32(4)31-24(17)23(28)25(18)35-5/h6-10,14-15H,11-13H2,1-5H3. The monoisotopic (exact) mass is 489 g/mol. The molecular weight excluding hydrogens is 461 g/mol. The molecule has 4 heterocycles. The summed E-state index contributed by atoms with van der Waals surface area (Å²) >= 11 is 0. The van der Waals surface area contributed by atoms with Gasteiger partial charge in [-0.25, -0.2) is 19.2 Å². The first-order valence-electron chi connectivity index (χ1n) is 11.8. The van der Waals surface area contributed by atoms with Crippen molar-refractivity contribution in [3.8, 4) is 17.0 Å². The van der Waals surface area contributed by atoms with Gasteiger partial charge in [-0.3, -0.25) is 4.68 Å². The van der Waals surface area contributed by atoms with Gasteiger partial charge >= 0.3 is 6.09 Å². The van der Waals surface area contributed by atoms with Gasteiger partial charge in [0.15, 0.2) is 11.6 Å². The maximum Gasteiger partial charge on any atom is 0.410 e. The van der Waals surface area contributed by atoms with Gasteiger partial charge in [0, 0.05) is 37.3 Å². The van der Waals surface area contributed by atoms with E-state index < -0.39 is 11.4 Å². The molecule has 0 saturated heterocycles. The Morgan fingerprint density at radius 2 is 1.78 bits per heavy atom. The van der Waals surface area contributed by atoms with Crippen LogP contribution in [0.5, 0.6) is 5.75 Å². The van der Waals surface area contributed by atoms with Crippen LogP contribution in [0.1, 0.15) is 32.9 Å². The van der Waals surface area contributed by atoms with Crippen molar-refractivity contribution in [3.05, 3.63) is 54.1 Å². The number of hydrogen-bond acceptors (Lipinski definition) is 6. The molecule has 1 amide bonds. The van der Waals surface area contributed by atoms with Gasteiger partial charge in [0.2, 0.25) is 0 Å². The average Bonchev–Trinajstić information content (AvgIpc) is 3.23. The van der Waals surface area contributed by atoms with Gasteiger partial charge in [-0.2, -0.15) is 5.10 Å². The number of ether oxygens (including phenoxy) is 2. The third-order valence-corrected chi connectivity index (χ3v) is 6.02. The number of aromatic nitrogens is 4. The zero-order valence-electron chi connectivity index (χ0n) is 21.0. The maximum absolute atomic E-state index is 15.1. The van der Waals surface area contributed by atoms with Crippen LogP contribution in [-0.2, 0) is 11.8 Å². The number of carbonyl (C=O) groups excluding carboxylic acids is 1. The minimum absolute atomic E-state index is 0.111. The number of aryl methyl sites for hydroxylation is 1. The third-order valence-electron chi connectivity index (χ3n) is 6.02. The summed E-state index contributed by atoms with van der Waals surface area (Å²) in [5.41, 5.74) is 4.23. The summed E-state index contributed by atoms with van der Waals surface area (Å²) in [7, 11) is 3.19. The lowest BCUT2D eigenvalue weighted by atomic mass is 10.0. The van der Waals surface area contributed by atoms with Gasteiger partial charge in [-0.05, 0) is 63.1 Å². The molecule has 5 rings (SSSR count). The second kappa shape index (κ2) is 8.89. The van der Waals surface area contributed by atoms with Gasteiger partial charge in [-0.1, -0.05) is 6.08 Å². The fourth-order valence-electron chi connectivity index (χ4n) is 4.35. The highest BCUT2D eigenvalue weighted by Crippen LogP contribution is 2.36. The molecule has 0 saturated carbocycles. The highest BCUT2D eigenvalue weighted by Gasteiger charge is 2.24. The lowest BCUT2D eigenvalue weighted by molar-refractivity contribution is 0.0270. The summed E-state index contributed by atoms with van der Waals surface area (Å²) in [4.78, 5) is 23.6. The molecule has 186 valence electrons. The Morgan fingerprint density at radius 3 is 2.42 bits per heavy atom. The van der Waals surface area contributed by atoms with Gasteiger partial charge in [0.1, 0.15) is 11.1 Å². The first-order chi connectivity index (χ1) is 17.1. The summed E-state index contributed by atoms with van der Waals surface area (Å²) < 4.78 is 27.5. The predicted molar refractivity (Wildman–Crippen MR) is 136 cm³/mol. The lowest BCUT2D eigenvalue weighted by Crippen LogP contribution is -2.39. The molecule has 0 spiro atoms. The zero-order valence-corrected chi connectivity index (χ0v) is 21.0. The molecule has 1 aliphatic heterocycles. The minimum Gasteiger partial charge on any atom is -0.493 e. The maximum atomic E-state index is 15.1. The van der Waals surface area contributed by atoms with Crippen LogP contribution in [-0.4, -0.2) is 56.5 Å². The first kappa shape index (κ1) is 23.7. The second-order valence-electron chi connectivity index (χ2n) is 9.85. The molecule has 1 aliphatic rings. The minimum atomic E-state index is -0.521. The highest BCUT2D eigenvalue weighted by atomic mass is 19.1. The summed E-state index contributed by atoms with van der Waals surface area (Å²) in [6, 6.07) is 9.37. The van der Waals surface area contributed by atoms with Crippen molar-refractivity contribution < 1.29 is 18.7 Å². The molecule has 0 aliphatic carbocycles. The Morgan fingerprint density at radius 1 is 1.08 bits per heavy atom. The molecule has 0 bridgehead atoms. The van der Waals surface area contributed by atoms with Gasteiger partial charge in [-0.15, -0.1) is 0 Å². The second-order valence-corrected chi connectivity index (χ2v) is 9.85. The summed E-state index contributed by atoms with van der Waals surface area (Å²) in [5, 5.41) is 4.86. The topological polar surface area (TPSA) is 82.4 Å². The van der Waals surface area contributed by atoms with E-state index in [1.54, 1.807) is 22.8 Å². The molecule has 0 radical (unpaired) electrons. The number of methoxy groups -OCH3 is 1. The van der Waals surface area contributed by atoms with E-state index in [4.69, 9.17) is 19.4 Å². The van der Waals surface area contributed by atoms with Crippen LogP contribution in [0, 0.1) is 5.82 Å². The van der Waals surface area contributed by atoms with Crippen LogP contribution in [0.2, 0.25) is 0 Å². The third kappa shape index (κ3) is 4.48. The van der Waals surface area contributed by atoms with Gasteiger partial charge < -0.3 is 14.4 Å². The zero-order chi connectivity index (χ0) is 25.6. The Kier molecular flexibility index (Phi) is 5.86. The molecule has 9 heteroatoms. The fraction of sp³-hybridized carbons (Fsp3) is 0.333. The highest BCUT2D eigenvalue weighted by molar-refractivity contribution is 5.89. The summed E-state index contributed by atoms with van der Waals surface area (Å²) in [6.07, 6.45) is 4.15. The predicted octanol–water partition coefficient (Wildman–Crippen LogP) is 5.36. The molecule has 4 aromatic rings. The van der Waals surface area contributed by atoms with Crippen molar-refractivity contribution in [1.82, 2.24) is 24.6 Å². The number of halogens is 1. The van der Waals surface area contributed by atoms with E-state index in [9.17, 15) is 4.79 Å². The lowest BCUT2D eigenvalue weighted by Gasteiger charge is -2.29. The molecular formula is C27H28FN5O3. The van der Waals surface area contributed by atoms with Gasteiger partial charge in [0.25, 0.3) is 0 Å². The van der Waals surface area contributed by atoms with E-state index in [1.807, 2.05) is 57.2 Å². The number of hydrogen-bond donors (Lipinski definition) is 0. The smallest absolute Gasteiger partial charge is 0.410 e. The molecule has 0 unspecified atom stereocenters. The number of rotatable bonds is 3. The largest absolute Gasteiger partial charge is 0.493 e. The van der Waals surface area contributed by atoms with Crippen molar-refractivity contribution in [2.45, 2.75) is 32.8 Å². The molecule has 8 nitrogen and oxygen atoms in total. The normalized spacial score (nSPS) is 14.3. The van der Waals surface area contributed by atoms with E-state index in [1.165, 1.54) is 7.11 Å². The number of nitrogens with zero attached hydrogens (tertiary/aromatic N) is 5. The Labute approximate surface area is 208 Å². The molecule has 1 aromatic carbocycles. The van der Waals surface area contributed by atoms with Crippen LogP contribution in [0.15, 0.2) is 42.6 Å². The molecule has 0 atom stereocenters. The first-order valence-corrected chi connectivity index (χ1v) is 11.8. The molecule has 3 aromatic heterocycles. The Bertz CT molecular complexity index is 1520. The number of carbonyl (C=O) groups is 1. The van der Waals surface area contributed by atoms with Crippen LogP contribution in [0.4, 0.5) is 9.18 Å². The Hall–Kier alpha value is -4.01. The van der Waals surface area contributed by atoms with Crippen molar-refractivity contribution in [3.63, 3.8) is 0 Å². The van der Waals surface area contributed by atoms with Crippen molar-refractivity contribution >= 4 is 33.6 Å². The molecule has 0 fully saturated rings. The van der Waals surface area contributed by atoms with Gasteiger partial charge in [0.05, 0.1) is 29.5 Å². The Balaban J connectivity index is 1.43. The molecule has 36 heavy (non-hydrogen) atoms. The van der Waals surface area contributed by atoms with E-state index in [0.29, 0.717) is 41.7 Å². The van der Waals surface area contributed by atoms with E-state index in [-0.39, 0.29) is 17.4 Å².